The van der Waals surface area contributed by atoms with Gasteiger partial charge in [0.25, 0.3) is 5.91 Å². The monoisotopic (exact) mass is 357 g/mol. The molecule has 1 saturated carbocycles. The van der Waals surface area contributed by atoms with Gasteiger partial charge in [-0.05, 0) is 44.2 Å². The van der Waals surface area contributed by atoms with Crippen LogP contribution in [-0.2, 0) is 4.79 Å². The number of pyridine rings is 1. The molecule has 0 unspecified atom stereocenters. The fourth-order valence-electron chi connectivity index (χ4n) is 4.98. The fourth-order valence-corrected chi connectivity index (χ4v) is 4.98. The molecule has 2 aliphatic heterocycles. The van der Waals surface area contributed by atoms with Crippen molar-refractivity contribution in [2.24, 2.45) is 5.41 Å². The Morgan fingerprint density at radius 3 is 2.73 bits per heavy atom. The lowest BCUT2D eigenvalue weighted by Gasteiger charge is -2.44. The molecule has 0 aromatic carbocycles. The number of rotatable bonds is 2. The third-order valence-corrected chi connectivity index (χ3v) is 6.41. The zero-order chi connectivity index (χ0) is 18.1. The first-order valence-electron chi connectivity index (χ1n) is 9.85. The Kier molecular flexibility index (Phi) is 4.59. The first kappa shape index (κ1) is 17.3. The van der Waals surface area contributed by atoms with Crippen molar-refractivity contribution in [1.82, 2.24) is 14.8 Å². The minimum atomic E-state index is -0.435. The molecule has 3 heterocycles. The summed E-state index contributed by atoms with van der Waals surface area (Å²) >= 11 is 0. The Labute approximate surface area is 154 Å². The van der Waals surface area contributed by atoms with E-state index in [0.717, 1.165) is 32.2 Å². The lowest BCUT2D eigenvalue weighted by atomic mass is 9.77. The Bertz CT molecular complexity index is 701. The van der Waals surface area contributed by atoms with Crippen LogP contribution in [0.5, 0.6) is 5.75 Å². The van der Waals surface area contributed by atoms with Crippen LogP contribution < -0.4 is 0 Å². The number of piperidine rings is 1. The standard InChI is InChI=1S/C20H27N3O3/c24-16-8-4-11-21-17(16)18(25)22-13-10-20(14-22)9-5-12-23(19(20)26)15-6-2-1-3-7-15/h4,8,11,15,24H,1-3,5-7,9-10,12-14H2/t20-/m0/s1. The lowest BCUT2D eigenvalue weighted by molar-refractivity contribution is -0.149. The molecule has 3 fully saturated rings. The minimum absolute atomic E-state index is 0.0805. The Balaban J connectivity index is 1.50. The van der Waals surface area contributed by atoms with Crippen LogP contribution in [0.1, 0.15) is 61.9 Å². The average Bonchev–Trinajstić information content (AvgIpc) is 3.10. The summed E-state index contributed by atoms with van der Waals surface area (Å²) in [4.78, 5) is 34.0. The van der Waals surface area contributed by atoms with E-state index in [9.17, 15) is 14.7 Å². The summed E-state index contributed by atoms with van der Waals surface area (Å²) in [6, 6.07) is 3.46. The van der Waals surface area contributed by atoms with Crippen LogP contribution in [0, 0.1) is 5.41 Å². The third kappa shape index (κ3) is 2.95. The Hall–Kier alpha value is -2.11. The summed E-state index contributed by atoms with van der Waals surface area (Å²) < 4.78 is 0. The van der Waals surface area contributed by atoms with Crippen molar-refractivity contribution >= 4 is 11.8 Å². The second-order valence-corrected chi connectivity index (χ2v) is 8.02. The number of aromatic nitrogens is 1. The van der Waals surface area contributed by atoms with Gasteiger partial charge in [0.1, 0.15) is 5.75 Å². The van der Waals surface area contributed by atoms with Crippen LogP contribution in [0.2, 0.25) is 0 Å². The van der Waals surface area contributed by atoms with Gasteiger partial charge in [-0.2, -0.15) is 0 Å². The highest BCUT2D eigenvalue weighted by Crippen LogP contribution is 2.42. The number of carbonyl (C=O) groups is 2. The van der Waals surface area contributed by atoms with Crippen molar-refractivity contribution in [1.29, 1.82) is 0 Å². The molecule has 26 heavy (non-hydrogen) atoms. The van der Waals surface area contributed by atoms with Crippen molar-refractivity contribution in [3.8, 4) is 5.75 Å². The van der Waals surface area contributed by atoms with Gasteiger partial charge in [0.05, 0.1) is 5.41 Å². The molecule has 6 heteroatoms. The zero-order valence-corrected chi connectivity index (χ0v) is 15.2. The van der Waals surface area contributed by atoms with E-state index >= 15 is 0 Å². The molecule has 1 aliphatic carbocycles. The lowest BCUT2D eigenvalue weighted by Crippen LogP contribution is -2.54. The van der Waals surface area contributed by atoms with Crippen molar-refractivity contribution in [2.75, 3.05) is 19.6 Å². The van der Waals surface area contributed by atoms with Gasteiger partial charge >= 0.3 is 0 Å². The average molecular weight is 357 g/mol. The molecule has 0 radical (unpaired) electrons. The van der Waals surface area contributed by atoms with E-state index < -0.39 is 5.41 Å². The van der Waals surface area contributed by atoms with Crippen molar-refractivity contribution < 1.29 is 14.7 Å². The number of hydrogen-bond donors (Lipinski definition) is 1. The number of carbonyl (C=O) groups excluding carboxylic acids is 2. The smallest absolute Gasteiger partial charge is 0.276 e. The maximum atomic E-state index is 13.3. The second-order valence-electron chi connectivity index (χ2n) is 8.02. The summed E-state index contributed by atoms with van der Waals surface area (Å²) in [5.74, 6) is -0.129. The highest BCUT2D eigenvalue weighted by Gasteiger charge is 2.50. The molecular weight excluding hydrogens is 330 g/mol. The van der Waals surface area contributed by atoms with Gasteiger partial charge in [-0.3, -0.25) is 9.59 Å². The van der Waals surface area contributed by atoms with Crippen LogP contribution in [-0.4, -0.2) is 57.4 Å². The van der Waals surface area contributed by atoms with E-state index in [-0.39, 0.29) is 23.3 Å². The van der Waals surface area contributed by atoms with E-state index in [1.807, 2.05) is 0 Å². The fraction of sp³-hybridized carbons (Fsp3) is 0.650. The van der Waals surface area contributed by atoms with Crippen LogP contribution in [0.4, 0.5) is 0 Å². The van der Waals surface area contributed by atoms with Crippen LogP contribution >= 0.6 is 0 Å². The van der Waals surface area contributed by atoms with E-state index in [2.05, 4.69) is 9.88 Å². The Morgan fingerprint density at radius 1 is 1.15 bits per heavy atom. The number of aromatic hydroxyl groups is 1. The number of likely N-dealkylation sites (tertiary alicyclic amines) is 2. The number of amides is 2. The summed E-state index contributed by atoms with van der Waals surface area (Å²) in [5, 5.41) is 9.92. The van der Waals surface area contributed by atoms with Gasteiger partial charge in [-0.25, -0.2) is 4.98 Å². The molecule has 1 atom stereocenters. The number of hydrogen-bond acceptors (Lipinski definition) is 4. The molecule has 4 rings (SSSR count). The van der Waals surface area contributed by atoms with E-state index in [0.29, 0.717) is 25.6 Å². The molecule has 2 saturated heterocycles. The van der Waals surface area contributed by atoms with E-state index in [4.69, 9.17) is 0 Å². The van der Waals surface area contributed by atoms with Crippen molar-refractivity contribution in [3.63, 3.8) is 0 Å². The molecule has 6 nitrogen and oxygen atoms in total. The molecule has 1 N–H and O–H groups in total. The topological polar surface area (TPSA) is 73.7 Å². The van der Waals surface area contributed by atoms with Gasteiger partial charge in [0.15, 0.2) is 5.69 Å². The van der Waals surface area contributed by atoms with Gasteiger partial charge in [-0.1, -0.05) is 19.3 Å². The predicted molar refractivity (Wildman–Crippen MR) is 96.7 cm³/mol. The second kappa shape index (κ2) is 6.89. The molecule has 1 spiro atoms. The van der Waals surface area contributed by atoms with E-state index in [1.165, 1.54) is 31.5 Å². The minimum Gasteiger partial charge on any atom is -0.505 e. The third-order valence-electron chi connectivity index (χ3n) is 6.41. The quantitative estimate of drug-likeness (QED) is 0.883. The van der Waals surface area contributed by atoms with Crippen LogP contribution in [0.25, 0.3) is 0 Å². The summed E-state index contributed by atoms with van der Waals surface area (Å²) in [7, 11) is 0. The first-order valence-corrected chi connectivity index (χ1v) is 9.85. The molecular formula is C20H27N3O3. The predicted octanol–water partition coefficient (Wildman–Crippen LogP) is 2.57. The SMILES string of the molecule is O=C(c1ncccc1O)N1CC[C@@]2(CCCN(C3CCCCC3)C2=O)C1. The normalized spacial score (nSPS) is 27.3. The Morgan fingerprint density at radius 2 is 1.96 bits per heavy atom. The van der Waals surface area contributed by atoms with Gasteiger partial charge in [0, 0.05) is 31.9 Å². The van der Waals surface area contributed by atoms with Crippen molar-refractivity contribution in [2.45, 2.75) is 57.4 Å². The van der Waals surface area contributed by atoms with Gasteiger partial charge in [-0.15, -0.1) is 0 Å². The molecule has 0 bridgehead atoms. The summed E-state index contributed by atoms with van der Waals surface area (Å²) in [5.41, 5.74) is -0.354. The molecule has 140 valence electrons. The van der Waals surface area contributed by atoms with E-state index in [1.54, 1.807) is 11.0 Å². The van der Waals surface area contributed by atoms with Crippen LogP contribution in [0.3, 0.4) is 0 Å². The van der Waals surface area contributed by atoms with Gasteiger partial charge < -0.3 is 14.9 Å². The molecule has 1 aromatic rings. The van der Waals surface area contributed by atoms with Gasteiger partial charge in [0.2, 0.25) is 5.91 Å². The highest BCUT2D eigenvalue weighted by atomic mass is 16.3. The maximum absolute atomic E-state index is 13.3. The zero-order valence-electron chi connectivity index (χ0n) is 15.2. The first-order chi connectivity index (χ1) is 12.6. The summed E-state index contributed by atoms with van der Waals surface area (Å²) in [6.07, 6.45) is 10.0. The molecule has 1 aromatic heterocycles. The highest BCUT2D eigenvalue weighted by molar-refractivity contribution is 5.96. The molecule has 3 aliphatic rings. The number of nitrogens with zero attached hydrogens (tertiary/aromatic N) is 3. The van der Waals surface area contributed by atoms with Crippen LogP contribution in [0.15, 0.2) is 18.3 Å². The molecule has 2 amide bonds. The van der Waals surface area contributed by atoms with Crippen molar-refractivity contribution in [3.05, 3.63) is 24.0 Å². The maximum Gasteiger partial charge on any atom is 0.276 e. The summed E-state index contributed by atoms with van der Waals surface area (Å²) in [6.45, 7) is 1.86. The largest absolute Gasteiger partial charge is 0.505 e.